The molecule has 1 heterocycles. The number of aromatic nitrogens is 1. The van der Waals surface area contributed by atoms with Gasteiger partial charge in [0, 0.05) is 18.3 Å². The molecule has 1 aromatic heterocycles. The lowest BCUT2D eigenvalue weighted by Crippen LogP contribution is -2.23. The van der Waals surface area contributed by atoms with Crippen LogP contribution in [0.25, 0.3) is 0 Å². The minimum atomic E-state index is -0.252. The molecular formula is C15H16ClN3O3. The van der Waals surface area contributed by atoms with E-state index in [0.29, 0.717) is 23.6 Å². The van der Waals surface area contributed by atoms with Crippen molar-refractivity contribution in [2.24, 2.45) is 0 Å². The van der Waals surface area contributed by atoms with Gasteiger partial charge < -0.3 is 15.2 Å². The van der Waals surface area contributed by atoms with Crippen molar-refractivity contribution in [3.05, 3.63) is 46.3 Å². The second kappa shape index (κ2) is 7.09. The summed E-state index contributed by atoms with van der Waals surface area (Å²) in [6, 6.07) is 6.43. The molecule has 6 nitrogen and oxygen atoms in total. The number of benzene rings is 1. The molecule has 0 aliphatic rings. The fourth-order valence-electron chi connectivity index (χ4n) is 1.90. The van der Waals surface area contributed by atoms with Crippen LogP contribution in [0, 0.1) is 6.92 Å². The molecule has 0 radical (unpaired) electrons. The molecule has 0 unspecified atom stereocenters. The minimum Gasteiger partial charge on any atom is -0.361 e. The van der Waals surface area contributed by atoms with Crippen LogP contribution < -0.4 is 10.6 Å². The number of amides is 2. The molecule has 0 fully saturated rings. The van der Waals surface area contributed by atoms with Crippen molar-refractivity contribution in [2.75, 3.05) is 11.9 Å². The van der Waals surface area contributed by atoms with Crippen molar-refractivity contribution in [1.29, 1.82) is 0 Å². The molecule has 2 N–H and O–H groups in total. The lowest BCUT2D eigenvalue weighted by atomic mass is 10.2. The summed E-state index contributed by atoms with van der Waals surface area (Å²) < 4.78 is 4.98. The number of halogens is 1. The van der Waals surface area contributed by atoms with Crippen LogP contribution in [0.4, 0.5) is 5.69 Å². The lowest BCUT2D eigenvalue weighted by molar-refractivity contribution is -0.115. The van der Waals surface area contributed by atoms with Gasteiger partial charge in [0.25, 0.3) is 5.91 Å². The molecule has 7 heteroatoms. The molecule has 2 amide bonds. The molecule has 0 aliphatic carbocycles. The Morgan fingerprint density at radius 1 is 1.32 bits per heavy atom. The summed E-state index contributed by atoms with van der Waals surface area (Å²) in [5.74, 6) is -0.0134. The highest BCUT2D eigenvalue weighted by Gasteiger charge is 2.12. The molecule has 0 saturated heterocycles. The van der Waals surface area contributed by atoms with Crippen molar-refractivity contribution < 1.29 is 14.1 Å². The normalized spacial score (nSPS) is 10.3. The largest absolute Gasteiger partial charge is 0.361 e. The number of anilines is 1. The summed E-state index contributed by atoms with van der Waals surface area (Å²) in [6.07, 6.45) is 0.0799. The van der Waals surface area contributed by atoms with Crippen LogP contribution in [0.3, 0.4) is 0 Å². The molecule has 1 aromatic carbocycles. The fourth-order valence-corrected chi connectivity index (χ4v) is 2.16. The van der Waals surface area contributed by atoms with E-state index in [1.165, 1.54) is 6.07 Å². The molecule has 0 spiro atoms. The number of nitrogens with zero attached hydrogens (tertiary/aromatic N) is 1. The van der Waals surface area contributed by atoms with Crippen molar-refractivity contribution in [3.8, 4) is 0 Å². The van der Waals surface area contributed by atoms with E-state index in [4.69, 9.17) is 16.1 Å². The highest BCUT2D eigenvalue weighted by molar-refractivity contribution is 6.34. The average molecular weight is 322 g/mol. The molecule has 0 saturated carbocycles. The summed E-state index contributed by atoms with van der Waals surface area (Å²) in [6.45, 7) is 4.13. The molecular weight excluding hydrogens is 306 g/mol. The van der Waals surface area contributed by atoms with Gasteiger partial charge in [0.1, 0.15) is 5.76 Å². The third-order valence-corrected chi connectivity index (χ3v) is 3.16. The number of aryl methyl sites for hydroxylation is 1. The van der Waals surface area contributed by atoms with Crippen molar-refractivity contribution in [1.82, 2.24) is 10.5 Å². The number of hydrogen-bond donors (Lipinski definition) is 2. The van der Waals surface area contributed by atoms with Crippen LogP contribution in [0.1, 0.15) is 28.7 Å². The Labute approximate surface area is 132 Å². The molecule has 22 heavy (non-hydrogen) atoms. The van der Waals surface area contributed by atoms with Crippen LogP contribution in [0.5, 0.6) is 0 Å². The van der Waals surface area contributed by atoms with Gasteiger partial charge in [-0.3, -0.25) is 9.59 Å². The van der Waals surface area contributed by atoms with Crippen molar-refractivity contribution in [2.45, 2.75) is 20.3 Å². The summed E-state index contributed by atoms with van der Waals surface area (Å²) in [5, 5.41) is 9.36. The van der Waals surface area contributed by atoms with Gasteiger partial charge in [-0.2, -0.15) is 0 Å². The number of nitrogens with one attached hydrogen (secondary N) is 2. The first-order valence-corrected chi connectivity index (χ1v) is 7.17. The first-order chi connectivity index (χ1) is 10.5. The van der Waals surface area contributed by atoms with Gasteiger partial charge in [0.2, 0.25) is 5.91 Å². The maximum atomic E-state index is 11.9. The number of carbonyl (C=O) groups excluding carboxylic acids is 2. The maximum Gasteiger partial charge on any atom is 0.252 e. The zero-order valence-corrected chi connectivity index (χ0v) is 13.0. The van der Waals surface area contributed by atoms with E-state index in [1.807, 2.05) is 6.92 Å². The highest BCUT2D eigenvalue weighted by atomic mass is 35.5. The van der Waals surface area contributed by atoms with Crippen molar-refractivity contribution in [3.63, 3.8) is 0 Å². The molecule has 0 aliphatic heterocycles. The first kappa shape index (κ1) is 16.0. The monoisotopic (exact) mass is 321 g/mol. The Hall–Kier alpha value is -2.34. The quantitative estimate of drug-likeness (QED) is 0.886. The Morgan fingerprint density at radius 3 is 2.68 bits per heavy atom. The summed E-state index contributed by atoms with van der Waals surface area (Å²) in [4.78, 5) is 23.6. The van der Waals surface area contributed by atoms with E-state index in [-0.39, 0.29) is 23.3 Å². The second-order valence-corrected chi connectivity index (χ2v) is 5.12. The van der Waals surface area contributed by atoms with E-state index in [1.54, 1.807) is 25.1 Å². The Balaban J connectivity index is 2.02. The average Bonchev–Trinajstić information content (AvgIpc) is 2.84. The van der Waals surface area contributed by atoms with E-state index in [9.17, 15) is 9.59 Å². The SMILES string of the molecule is CCNC(=O)c1ccc(NC(=O)Cc2cc(C)no2)cc1Cl. The highest BCUT2D eigenvalue weighted by Crippen LogP contribution is 2.21. The lowest BCUT2D eigenvalue weighted by Gasteiger charge is -2.08. The first-order valence-electron chi connectivity index (χ1n) is 6.79. The molecule has 2 rings (SSSR count). The topological polar surface area (TPSA) is 84.2 Å². The van der Waals surface area contributed by atoms with Crippen LogP contribution in [0.15, 0.2) is 28.8 Å². The zero-order chi connectivity index (χ0) is 16.1. The fraction of sp³-hybridized carbons (Fsp3) is 0.267. The zero-order valence-electron chi connectivity index (χ0n) is 12.3. The van der Waals surface area contributed by atoms with Gasteiger partial charge in [0.05, 0.1) is 22.7 Å². The summed E-state index contributed by atoms with van der Waals surface area (Å²) in [7, 11) is 0. The minimum absolute atomic E-state index is 0.0799. The van der Waals surface area contributed by atoms with Crippen LogP contribution in [-0.2, 0) is 11.2 Å². The molecule has 0 bridgehead atoms. The Morgan fingerprint density at radius 2 is 2.09 bits per heavy atom. The second-order valence-electron chi connectivity index (χ2n) is 4.71. The van der Waals surface area contributed by atoms with Gasteiger partial charge in [-0.05, 0) is 32.0 Å². The number of carbonyl (C=O) groups is 2. The maximum absolute atomic E-state index is 11.9. The van der Waals surface area contributed by atoms with Gasteiger partial charge in [-0.25, -0.2) is 0 Å². The predicted molar refractivity (Wildman–Crippen MR) is 83.0 cm³/mol. The Kier molecular flexibility index (Phi) is 5.16. The van der Waals surface area contributed by atoms with E-state index < -0.39 is 0 Å². The van der Waals surface area contributed by atoms with Gasteiger partial charge in [-0.1, -0.05) is 16.8 Å². The number of hydrogen-bond acceptors (Lipinski definition) is 4. The number of rotatable bonds is 5. The van der Waals surface area contributed by atoms with E-state index in [2.05, 4.69) is 15.8 Å². The standard InChI is InChI=1S/C15H16ClN3O3/c1-3-17-15(21)12-5-4-10(7-13(12)16)18-14(20)8-11-6-9(2)19-22-11/h4-7H,3,8H2,1-2H3,(H,17,21)(H,18,20). The summed E-state index contributed by atoms with van der Waals surface area (Å²) in [5.41, 5.74) is 1.60. The van der Waals surface area contributed by atoms with Crippen molar-refractivity contribution >= 4 is 29.1 Å². The third-order valence-electron chi connectivity index (χ3n) is 2.85. The summed E-state index contributed by atoms with van der Waals surface area (Å²) >= 11 is 6.07. The van der Waals surface area contributed by atoms with Gasteiger partial charge in [0.15, 0.2) is 0 Å². The van der Waals surface area contributed by atoms with E-state index in [0.717, 1.165) is 5.69 Å². The molecule has 0 atom stereocenters. The predicted octanol–water partition coefficient (Wildman–Crippen LogP) is 2.57. The van der Waals surface area contributed by atoms with E-state index >= 15 is 0 Å². The van der Waals surface area contributed by atoms with Crippen LogP contribution in [0.2, 0.25) is 5.02 Å². The molecule has 2 aromatic rings. The van der Waals surface area contributed by atoms with Gasteiger partial charge in [-0.15, -0.1) is 0 Å². The molecule has 116 valence electrons. The Bertz CT molecular complexity index is 697. The van der Waals surface area contributed by atoms with Crippen LogP contribution in [-0.4, -0.2) is 23.5 Å². The van der Waals surface area contributed by atoms with Crippen LogP contribution >= 0.6 is 11.6 Å². The van der Waals surface area contributed by atoms with Gasteiger partial charge >= 0.3 is 0 Å². The third kappa shape index (κ3) is 4.08. The smallest absolute Gasteiger partial charge is 0.252 e.